The monoisotopic (exact) mass is 360 g/mol. The lowest BCUT2D eigenvalue weighted by Gasteiger charge is -2.22. The number of aromatic nitrogens is 2. The number of amides is 1. The number of aryl methyl sites for hydroxylation is 1. The fraction of sp³-hybridized carbons (Fsp3) is 0.444. The van der Waals surface area contributed by atoms with Gasteiger partial charge < -0.3 is 9.72 Å². The lowest BCUT2D eigenvalue weighted by molar-refractivity contribution is 0.120. The highest BCUT2D eigenvalue weighted by atomic mass is 35.5. The number of fused-ring (bicyclic) bond motifs is 1. The summed E-state index contributed by atoms with van der Waals surface area (Å²) in [6.07, 6.45) is 2.25. The van der Waals surface area contributed by atoms with Gasteiger partial charge in [0, 0.05) is 36.9 Å². The zero-order valence-electron chi connectivity index (χ0n) is 14.1. The summed E-state index contributed by atoms with van der Waals surface area (Å²) in [6.45, 7) is 5.03. The number of benzene rings is 1. The highest BCUT2D eigenvalue weighted by molar-refractivity contribution is 6.30. The SMILES string of the molecule is Cc1[nH]cnc1CN1C[C@H]2OC(=O)N(CCc3cccc(Cl)c3)[C@H]2C1. The van der Waals surface area contributed by atoms with Crippen molar-refractivity contribution in [2.45, 2.75) is 32.0 Å². The normalized spacial score (nSPS) is 23.1. The first-order valence-corrected chi connectivity index (χ1v) is 8.91. The van der Waals surface area contributed by atoms with Crippen LogP contribution in [0.5, 0.6) is 0 Å². The van der Waals surface area contributed by atoms with Gasteiger partial charge in [0.15, 0.2) is 0 Å². The Bertz CT molecular complexity index is 778. The largest absolute Gasteiger partial charge is 0.442 e. The maximum Gasteiger partial charge on any atom is 0.410 e. The van der Waals surface area contributed by atoms with E-state index in [0.717, 1.165) is 48.0 Å². The summed E-state index contributed by atoms with van der Waals surface area (Å²) in [7, 11) is 0. The summed E-state index contributed by atoms with van der Waals surface area (Å²) >= 11 is 6.04. The van der Waals surface area contributed by atoms with E-state index in [4.69, 9.17) is 16.3 Å². The molecule has 1 amide bonds. The molecule has 25 heavy (non-hydrogen) atoms. The van der Waals surface area contributed by atoms with E-state index in [1.807, 2.05) is 36.1 Å². The highest BCUT2D eigenvalue weighted by Crippen LogP contribution is 2.28. The van der Waals surface area contributed by atoms with Crippen molar-refractivity contribution >= 4 is 17.7 Å². The van der Waals surface area contributed by atoms with Crippen molar-refractivity contribution in [2.75, 3.05) is 19.6 Å². The number of carbonyl (C=O) groups excluding carboxylic acids is 1. The number of imidazole rings is 1. The molecule has 0 aliphatic carbocycles. The van der Waals surface area contributed by atoms with Gasteiger partial charge in [-0.15, -0.1) is 0 Å². The molecule has 0 unspecified atom stereocenters. The first-order chi connectivity index (χ1) is 12.1. The van der Waals surface area contributed by atoms with Crippen LogP contribution < -0.4 is 0 Å². The van der Waals surface area contributed by atoms with Crippen LogP contribution in [0.25, 0.3) is 0 Å². The van der Waals surface area contributed by atoms with Gasteiger partial charge in [0.2, 0.25) is 0 Å². The average molecular weight is 361 g/mol. The summed E-state index contributed by atoms with van der Waals surface area (Å²) in [5.41, 5.74) is 3.27. The number of carbonyl (C=O) groups is 1. The third-order valence-corrected chi connectivity index (χ3v) is 5.27. The van der Waals surface area contributed by atoms with Gasteiger partial charge in [-0.3, -0.25) is 9.80 Å². The molecule has 7 heteroatoms. The van der Waals surface area contributed by atoms with Crippen molar-refractivity contribution in [3.05, 3.63) is 52.6 Å². The molecule has 0 spiro atoms. The number of nitrogens with one attached hydrogen (secondary N) is 1. The second-order valence-electron chi connectivity index (χ2n) is 6.73. The number of hydrogen-bond acceptors (Lipinski definition) is 4. The summed E-state index contributed by atoms with van der Waals surface area (Å²) in [5.74, 6) is 0. The van der Waals surface area contributed by atoms with Gasteiger partial charge in [0.1, 0.15) is 6.10 Å². The third-order valence-electron chi connectivity index (χ3n) is 5.04. The molecule has 2 aliphatic heterocycles. The molecular weight excluding hydrogens is 340 g/mol. The van der Waals surface area contributed by atoms with Crippen molar-refractivity contribution in [3.8, 4) is 0 Å². The standard InChI is InChI=1S/C18H21ClN4O2/c1-12-15(21-11-20-12)8-22-9-16-17(10-22)25-18(24)23(16)6-5-13-3-2-4-14(19)7-13/h2-4,7,11,16-17H,5-6,8-10H2,1H3,(H,20,21)/t16-,17+/m0/s1. The topological polar surface area (TPSA) is 61.5 Å². The van der Waals surface area contributed by atoms with Crippen molar-refractivity contribution < 1.29 is 9.53 Å². The van der Waals surface area contributed by atoms with Gasteiger partial charge >= 0.3 is 6.09 Å². The Balaban J connectivity index is 1.38. The number of rotatable bonds is 5. The van der Waals surface area contributed by atoms with Crippen LogP contribution in [-0.4, -0.2) is 57.6 Å². The minimum absolute atomic E-state index is 0.0499. The Hall–Kier alpha value is -2.05. The number of ether oxygens (including phenoxy) is 1. The van der Waals surface area contributed by atoms with Crippen LogP contribution in [0.2, 0.25) is 5.02 Å². The number of nitrogens with zero attached hydrogens (tertiary/aromatic N) is 3. The molecule has 2 saturated heterocycles. The average Bonchev–Trinajstić information content (AvgIpc) is 3.22. The molecule has 2 aliphatic rings. The maximum atomic E-state index is 12.2. The molecular formula is C18H21ClN4O2. The molecule has 6 nitrogen and oxygen atoms in total. The van der Waals surface area contributed by atoms with Gasteiger partial charge in [-0.25, -0.2) is 9.78 Å². The molecule has 1 aromatic carbocycles. The van der Waals surface area contributed by atoms with Crippen LogP contribution in [0.3, 0.4) is 0 Å². The van der Waals surface area contributed by atoms with Crippen molar-refractivity contribution in [3.63, 3.8) is 0 Å². The predicted octanol–water partition coefficient (Wildman–Crippen LogP) is 2.62. The minimum atomic E-state index is -0.201. The Morgan fingerprint density at radius 2 is 2.28 bits per heavy atom. The Morgan fingerprint density at radius 3 is 3.04 bits per heavy atom. The fourth-order valence-corrected chi connectivity index (χ4v) is 3.88. The van der Waals surface area contributed by atoms with E-state index in [1.165, 1.54) is 0 Å². The second-order valence-corrected chi connectivity index (χ2v) is 7.17. The zero-order valence-corrected chi connectivity index (χ0v) is 14.9. The zero-order chi connectivity index (χ0) is 17.4. The van der Waals surface area contributed by atoms with E-state index in [9.17, 15) is 4.79 Å². The van der Waals surface area contributed by atoms with Gasteiger partial charge in [0.25, 0.3) is 0 Å². The number of hydrogen-bond donors (Lipinski definition) is 1. The third kappa shape index (κ3) is 3.37. The molecule has 0 saturated carbocycles. The second kappa shape index (κ2) is 6.69. The predicted molar refractivity (Wildman–Crippen MR) is 94.5 cm³/mol. The van der Waals surface area contributed by atoms with E-state index in [0.29, 0.717) is 6.54 Å². The maximum absolute atomic E-state index is 12.2. The highest BCUT2D eigenvalue weighted by Gasteiger charge is 2.47. The van der Waals surface area contributed by atoms with Crippen LogP contribution in [0.15, 0.2) is 30.6 Å². The minimum Gasteiger partial charge on any atom is -0.442 e. The number of H-pyrrole nitrogens is 1. The molecule has 0 radical (unpaired) electrons. The van der Waals surface area contributed by atoms with E-state index in [2.05, 4.69) is 14.9 Å². The smallest absolute Gasteiger partial charge is 0.410 e. The van der Waals surface area contributed by atoms with Gasteiger partial charge in [-0.2, -0.15) is 0 Å². The molecule has 4 rings (SSSR count). The van der Waals surface area contributed by atoms with Crippen LogP contribution in [-0.2, 0) is 17.7 Å². The van der Waals surface area contributed by atoms with Gasteiger partial charge in [-0.1, -0.05) is 23.7 Å². The first kappa shape index (κ1) is 16.4. The van der Waals surface area contributed by atoms with Gasteiger partial charge in [-0.05, 0) is 31.0 Å². The quantitative estimate of drug-likeness (QED) is 0.890. The van der Waals surface area contributed by atoms with Crippen molar-refractivity contribution in [2.24, 2.45) is 0 Å². The van der Waals surface area contributed by atoms with E-state index >= 15 is 0 Å². The molecule has 3 heterocycles. The Labute approximate surface area is 151 Å². The fourth-order valence-electron chi connectivity index (χ4n) is 3.67. The molecule has 2 fully saturated rings. The molecule has 1 N–H and O–H groups in total. The van der Waals surface area contributed by atoms with Gasteiger partial charge in [0.05, 0.1) is 18.1 Å². The van der Waals surface area contributed by atoms with Crippen molar-refractivity contribution in [1.82, 2.24) is 19.8 Å². The van der Waals surface area contributed by atoms with Crippen LogP contribution in [0.4, 0.5) is 4.79 Å². The molecule has 132 valence electrons. The van der Waals surface area contributed by atoms with Crippen LogP contribution in [0.1, 0.15) is 17.0 Å². The van der Waals surface area contributed by atoms with E-state index in [-0.39, 0.29) is 18.2 Å². The van der Waals surface area contributed by atoms with Crippen LogP contribution >= 0.6 is 11.6 Å². The lowest BCUT2D eigenvalue weighted by atomic mass is 10.1. The Kier molecular flexibility index (Phi) is 4.39. The number of aromatic amines is 1. The molecule has 1 aromatic heterocycles. The van der Waals surface area contributed by atoms with E-state index < -0.39 is 0 Å². The molecule has 2 aromatic rings. The first-order valence-electron chi connectivity index (χ1n) is 8.53. The summed E-state index contributed by atoms with van der Waals surface area (Å²) < 4.78 is 5.58. The Morgan fingerprint density at radius 1 is 1.40 bits per heavy atom. The molecule has 0 bridgehead atoms. The summed E-state index contributed by atoms with van der Waals surface area (Å²) in [4.78, 5) is 23.8. The lowest BCUT2D eigenvalue weighted by Crippen LogP contribution is -2.39. The van der Waals surface area contributed by atoms with Crippen molar-refractivity contribution in [1.29, 1.82) is 0 Å². The summed E-state index contributed by atoms with van der Waals surface area (Å²) in [6, 6.07) is 7.89. The summed E-state index contributed by atoms with van der Waals surface area (Å²) in [5, 5.41) is 0.723. The van der Waals surface area contributed by atoms with Crippen LogP contribution in [0, 0.1) is 6.92 Å². The number of halogens is 1. The van der Waals surface area contributed by atoms with E-state index in [1.54, 1.807) is 6.33 Å². The molecule has 2 atom stereocenters. The number of likely N-dealkylation sites (tertiary alicyclic amines) is 1.